The van der Waals surface area contributed by atoms with Crippen LogP contribution in [0.25, 0.3) is 100 Å². The zero-order valence-corrected chi connectivity index (χ0v) is 55.6. The van der Waals surface area contributed by atoms with E-state index in [-0.39, 0.29) is 68.6 Å². The number of carbonyl (C=O) groups excluding carboxylic acids is 5. The lowest BCUT2D eigenvalue weighted by Crippen LogP contribution is -2.55. The summed E-state index contributed by atoms with van der Waals surface area (Å²) in [6, 6.07) is 43.3. The van der Waals surface area contributed by atoms with Crippen LogP contribution in [-0.4, -0.2) is 92.1 Å². The summed E-state index contributed by atoms with van der Waals surface area (Å²) < 4.78 is 24.4. The van der Waals surface area contributed by atoms with Gasteiger partial charge in [-0.25, -0.2) is 15.0 Å². The molecule has 0 bridgehead atoms. The maximum Gasteiger partial charge on any atom is 0.298 e. The van der Waals surface area contributed by atoms with Gasteiger partial charge in [-0.2, -0.15) is 0 Å². The highest BCUT2D eigenvalue weighted by atomic mass is 35.5. The van der Waals surface area contributed by atoms with Crippen molar-refractivity contribution in [3.63, 3.8) is 0 Å². The van der Waals surface area contributed by atoms with Crippen LogP contribution in [0.2, 0.25) is 0 Å². The number of nitrogens with one attached hydrogen (secondary N) is 4. The Bertz CT molecular complexity index is 5760. The third kappa shape index (κ3) is 11.5. The molecule has 0 unspecified atom stereocenters. The molecule has 4 amide bonds. The van der Waals surface area contributed by atoms with Gasteiger partial charge in [0.2, 0.25) is 28.8 Å². The highest BCUT2D eigenvalue weighted by Crippen LogP contribution is 2.48. The molecule has 0 radical (unpaired) electrons. The lowest BCUT2D eigenvalue weighted by molar-refractivity contribution is -0.384. The number of nitro groups is 2. The molecule has 0 atom stereocenters. The van der Waals surface area contributed by atoms with Crippen molar-refractivity contribution >= 4 is 135 Å². The molecule has 518 valence electrons. The Morgan fingerprint density at radius 3 is 1.30 bits per heavy atom. The summed E-state index contributed by atoms with van der Waals surface area (Å²) in [5.74, 6) is 0.688. The van der Waals surface area contributed by atoms with Crippen LogP contribution >= 0.6 is 11.6 Å². The molecular weight excluding hydrogens is 1340 g/mol. The number of hydrogen-bond donors (Lipinski definition) is 7. The second kappa shape index (κ2) is 25.7. The number of phenols is 1. The minimum atomic E-state index is -0.644. The molecule has 19 rings (SSSR count). The monoisotopic (exact) mass is 1400 g/mol. The van der Waals surface area contributed by atoms with E-state index in [1.54, 1.807) is 18.2 Å². The first-order chi connectivity index (χ1) is 49.7. The van der Waals surface area contributed by atoms with E-state index in [1.807, 2.05) is 97.1 Å². The van der Waals surface area contributed by atoms with Gasteiger partial charge < -0.3 is 64.8 Å². The quantitative estimate of drug-likeness (QED) is 0.0185. The van der Waals surface area contributed by atoms with Gasteiger partial charge in [0.1, 0.15) is 33.9 Å². The van der Waals surface area contributed by atoms with E-state index in [1.165, 1.54) is 43.2 Å². The molecular formula is C75H63ClN14O13. The fourth-order valence-electron chi connectivity index (χ4n) is 14.6. The number of rotatable bonds is 8. The van der Waals surface area contributed by atoms with Crippen LogP contribution in [0.15, 0.2) is 184 Å². The predicted octanol–water partition coefficient (Wildman–Crippen LogP) is 13.7. The standard InChI is InChI=1S/C24H20N4O3.C21H16N4O4.C21H18N4O2.C6H6N2O3.C3H3ClO/c1-2-20(29)26-16-5-3-6-19-21(16)27-23(31-19)15-8-7-14-11-18-22(30)25-13-24(9-4-10-24)28(18)17(14)12-15;26-19-16-9-12-5-6-13(10-15(12)24(16)21(11-22-19)7-2-8-21)20-23-18-14(25(27)28)3-1-4-17(18)29-20;22-14-3-1-4-17-18(14)24-20(27-17)13-6-5-12-9-16-19(26)23-11-21(7-2-8-21)25(16)15(12)10-13;7-6-4(8(10)11)2-1-3-5(6)9;1-2-3(4)5/h2-3,5-8,11-12H,1,4,9-10,13H2,(H,25,30)(H,26,29);1,3-6,9-10H,2,7-8,11H2,(H,22,26);1,3-6,9-10H,2,7-8,11,22H2,(H,23,26);1-3,9H,7H2;2H,1H2. The smallest absolute Gasteiger partial charge is 0.298 e. The van der Waals surface area contributed by atoms with Crippen molar-refractivity contribution < 1.29 is 52.2 Å². The van der Waals surface area contributed by atoms with Crippen molar-refractivity contribution in [1.29, 1.82) is 0 Å². The molecule has 3 aliphatic heterocycles. The van der Waals surface area contributed by atoms with Gasteiger partial charge in [0.25, 0.3) is 29.1 Å². The number of para-hydroxylation sites is 4. The molecule has 3 saturated carbocycles. The van der Waals surface area contributed by atoms with E-state index >= 15 is 0 Å². The summed E-state index contributed by atoms with van der Waals surface area (Å²) in [6.07, 6.45) is 12.1. The van der Waals surface area contributed by atoms with Gasteiger partial charge in [0, 0.05) is 64.6 Å². The first-order valence-corrected chi connectivity index (χ1v) is 33.5. The summed E-state index contributed by atoms with van der Waals surface area (Å²) in [7, 11) is 0. The zero-order valence-electron chi connectivity index (χ0n) is 54.9. The van der Waals surface area contributed by atoms with Gasteiger partial charge in [0.05, 0.1) is 54.4 Å². The summed E-state index contributed by atoms with van der Waals surface area (Å²) >= 11 is 4.71. The summed E-state index contributed by atoms with van der Waals surface area (Å²) in [5, 5.41) is 44.8. The third-order valence-corrected chi connectivity index (χ3v) is 20.3. The zero-order chi connectivity index (χ0) is 71.8. The highest BCUT2D eigenvalue weighted by Gasteiger charge is 2.47. The van der Waals surface area contributed by atoms with Crippen molar-refractivity contribution in [3.05, 3.63) is 208 Å². The van der Waals surface area contributed by atoms with Crippen LogP contribution in [0, 0.1) is 20.2 Å². The molecule has 103 heavy (non-hydrogen) atoms. The molecule has 28 heteroatoms. The molecule has 6 aliphatic rings. The summed E-state index contributed by atoms with van der Waals surface area (Å²) in [4.78, 5) is 92.6. The predicted molar refractivity (Wildman–Crippen MR) is 387 cm³/mol. The minimum absolute atomic E-state index is 0.0000827. The lowest BCUT2D eigenvalue weighted by Gasteiger charge is -2.47. The minimum Gasteiger partial charge on any atom is -0.506 e. The van der Waals surface area contributed by atoms with Gasteiger partial charge in [-0.3, -0.25) is 44.2 Å². The summed E-state index contributed by atoms with van der Waals surface area (Å²) in [5.41, 5.74) is 22.5. The third-order valence-electron chi connectivity index (χ3n) is 20.2. The van der Waals surface area contributed by atoms with Crippen LogP contribution in [0.4, 0.5) is 28.4 Å². The topological polar surface area (TPSA) is 385 Å². The number of anilines is 3. The number of hydrogen-bond acceptors (Lipinski definition) is 18. The molecule has 3 aliphatic carbocycles. The Labute approximate surface area is 588 Å². The van der Waals surface area contributed by atoms with Crippen molar-refractivity contribution in [2.75, 3.05) is 36.4 Å². The Morgan fingerprint density at radius 1 is 0.534 bits per heavy atom. The number of oxazole rings is 3. The number of non-ortho nitro benzene ring substituents is 1. The molecule has 3 fully saturated rings. The first kappa shape index (κ1) is 66.0. The van der Waals surface area contributed by atoms with E-state index in [9.17, 15) is 44.2 Å². The Morgan fingerprint density at radius 2 is 0.913 bits per heavy atom. The molecule has 27 nitrogen and oxygen atoms in total. The van der Waals surface area contributed by atoms with Gasteiger partial charge in [-0.05, 0) is 173 Å². The van der Waals surface area contributed by atoms with E-state index in [0.717, 1.165) is 106 Å². The average Bonchev–Trinajstić information content (AvgIpc) is 1.61. The van der Waals surface area contributed by atoms with Crippen molar-refractivity contribution in [1.82, 2.24) is 44.6 Å². The number of halogens is 1. The molecule has 3 spiro atoms. The van der Waals surface area contributed by atoms with Crippen LogP contribution in [0.5, 0.6) is 5.75 Å². The van der Waals surface area contributed by atoms with E-state index in [0.29, 0.717) is 87.9 Å². The number of aromatic hydroxyl groups is 1. The molecule has 13 aromatic rings. The molecule has 7 aromatic carbocycles. The van der Waals surface area contributed by atoms with Crippen molar-refractivity contribution in [2.45, 2.75) is 74.4 Å². The lowest BCUT2D eigenvalue weighted by atomic mass is 9.75. The maximum absolute atomic E-state index is 12.5. The number of fused-ring (bicyclic) bond motifs is 15. The van der Waals surface area contributed by atoms with E-state index in [2.05, 4.69) is 69.1 Å². The number of aromatic nitrogens is 6. The number of nitrogen functional groups attached to an aromatic ring is 2. The van der Waals surface area contributed by atoms with E-state index in [4.69, 9.17) is 41.4 Å². The molecule has 9 N–H and O–H groups in total. The maximum atomic E-state index is 12.5. The van der Waals surface area contributed by atoms with E-state index < -0.39 is 15.1 Å². The van der Waals surface area contributed by atoms with Crippen molar-refractivity contribution in [3.8, 4) is 40.1 Å². The fraction of sp³-hybridized carbons (Fsp3) is 0.200. The van der Waals surface area contributed by atoms with Crippen molar-refractivity contribution in [2.24, 2.45) is 0 Å². The van der Waals surface area contributed by atoms with Crippen LogP contribution in [0.1, 0.15) is 89.3 Å². The van der Waals surface area contributed by atoms with Crippen LogP contribution in [0.3, 0.4) is 0 Å². The number of phenolic OH excluding ortho intramolecular Hbond substituents is 1. The number of amides is 4. The average molecular weight is 1400 g/mol. The SMILES string of the molecule is C=CC(=O)Cl.C=CC(=O)Nc1cccc2oc(-c3ccc4cc5n(c4c3)C3(CCC3)CNC5=O)nc12.Nc1c(O)cccc1[N+](=O)[O-].Nc1cccc2oc(-c3ccc4cc5n(c4c3)C3(CCC3)CNC5=O)nc12.O=C1NCC2(CCC2)n2c1cc1ccc(-c3nc4c([N+](=O)[O-])cccc4o3)cc12. The molecule has 0 saturated heterocycles. The van der Waals surface area contributed by atoms with Gasteiger partial charge >= 0.3 is 0 Å². The van der Waals surface area contributed by atoms with Crippen LogP contribution in [-0.2, 0) is 26.2 Å². The Kier molecular flexibility index (Phi) is 16.5. The number of nitrogens with zero attached hydrogens (tertiary/aromatic N) is 8. The number of benzene rings is 7. The summed E-state index contributed by atoms with van der Waals surface area (Å²) in [6.45, 7) is 8.58. The second-order valence-corrected chi connectivity index (χ2v) is 26.5. The van der Waals surface area contributed by atoms with Gasteiger partial charge in [-0.1, -0.05) is 55.6 Å². The van der Waals surface area contributed by atoms with Crippen LogP contribution < -0.4 is 32.7 Å². The highest BCUT2D eigenvalue weighted by molar-refractivity contribution is 6.66. The second-order valence-electron chi connectivity index (χ2n) is 26.2. The largest absolute Gasteiger partial charge is 0.506 e. The number of nitrogens with two attached hydrogens (primary N) is 2. The first-order valence-electron chi connectivity index (χ1n) is 33.1. The van der Waals surface area contributed by atoms with Gasteiger partial charge in [-0.15, -0.1) is 0 Å². The number of nitro benzene ring substituents is 2. The number of carbonyl (C=O) groups is 5. The number of allylic oxidation sites excluding steroid dienone is 1. The van der Waals surface area contributed by atoms with Gasteiger partial charge in [0.15, 0.2) is 28.0 Å². The molecule has 9 heterocycles. The Balaban J connectivity index is 0.000000113. The normalized spacial score (nSPS) is 15.9. The molecule has 6 aromatic heterocycles. The Hall–Kier alpha value is -12.9. The fourth-order valence-corrected chi connectivity index (χ4v) is 14.6.